The number of hydrogen-bond donors (Lipinski definition) is 0. The second-order valence-electron chi connectivity index (χ2n) is 4.23. The molecule has 1 saturated carbocycles. The first-order valence-electron chi connectivity index (χ1n) is 4.64. The second-order valence-corrected chi connectivity index (χ2v) is 4.23. The normalized spacial score (nSPS) is 36.0. The average Bonchev–Trinajstić information content (AvgIpc) is 2.36. The molecule has 2 unspecified atom stereocenters. The van der Waals surface area contributed by atoms with Crippen LogP contribution >= 0.6 is 0 Å². The molecule has 2 atom stereocenters. The summed E-state index contributed by atoms with van der Waals surface area (Å²) in [7, 11) is 0. The lowest BCUT2D eigenvalue weighted by Crippen LogP contribution is -1.89. The lowest BCUT2D eigenvalue weighted by atomic mass is 10.1. The smallest absolute Gasteiger partial charge is 0.0292 e. The van der Waals surface area contributed by atoms with Crippen LogP contribution in [0.1, 0.15) is 47.0 Å². The summed E-state index contributed by atoms with van der Waals surface area (Å²) in [5.41, 5.74) is 0.685. The fourth-order valence-electron chi connectivity index (χ4n) is 2.55. The Morgan fingerprint density at radius 3 is 2.00 bits per heavy atom. The van der Waals surface area contributed by atoms with Crippen LogP contribution in [0.15, 0.2) is 0 Å². The van der Waals surface area contributed by atoms with Crippen LogP contribution in [0.3, 0.4) is 0 Å². The number of rotatable bonds is 3. The van der Waals surface area contributed by atoms with Gasteiger partial charge in [-0.15, -0.1) is 0 Å². The Morgan fingerprint density at radius 2 is 1.70 bits per heavy atom. The van der Waals surface area contributed by atoms with Crippen LogP contribution in [0.25, 0.3) is 0 Å². The summed E-state index contributed by atoms with van der Waals surface area (Å²) in [6.45, 7) is 9.45. The first-order valence-corrected chi connectivity index (χ1v) is 4.64. The van der Waals surface area contributed by atoms with E-state index < -0.39 is 0 Å². The molecule has 0 aromatic heterocycles. The third kappa shape index (κ3) is 1.09. The van der Waals surface area contributed by atoms with Crippen molar-refractivity contribution < 1.29 is 0 Å². The van der Waals surface area contributed by atoms with E-state index in [-0.39, 0.29) is 0 Å². The van der Waals surface area contributed by atoms with Crippen LogP contribution in [0.4, 0.5) is 0 Å². The van der Waals surface area contributed by atoms with Gasteiger partial charge in [-0.25, -0.2) is 0 Å². The predicted octanol–water partition coefficient (Wildman–Crippen LogP) is 3.47. The highest BCUT2D eigenvalue weighted by Gasteiger charge is 2.54. The van der Waals surface area contributed by atoms with Gasteiger partial charge in [-0.05, 0) is 23.7 Å². The highest BCUT2D eigenvalue weighted by atomic mass is 14.6. The van der Waals surface area contributed by atoms with Gasteiger partial charge in [0.1, 0.15) is 0 Å². The second kappa shape index (κ2) is 2.56. The lowest BCUT2D eigenvalue weighted by molar-refractivity contribution is 0.516. The van der Waals surface area contributed by atoms with Gasteiger partial charge >= 0.3 is 0 Å². The largest absolute Gasteiger partial charge is 0.0654 e. The SMILES string of the molecule is CCCC1C(CC)C1(C)C. The van der Waals surface area contributed by atoms with Crippen LogP contribution in [-0.4, -0.2) is 0 Å². The van der Waals surface area contributed by atoms with Crippen molar-refractivity contribution in [2.45, 2.75) is 47.0 Å². The maximum absolute atomic E-state index is 2.42. The van der Waals surface area contributed by atoms with Crippen molar-refractivity contribution in [2.75, 3.05) is 0 Å². The Balaban J connectivity index is 2.37. The Hall–Kier alpha value is 0. The fraction of sp³-hybridized carbons (Fsp3) is 1.00. The van der Waals surface area contributed by atoms with Gasteiger partial charge in [-0.1, -0.05) is 40.5 Å². The Labute approximate surface area is 65.0 Å². The monoisotopic (exact) mass is 140 g/mol. The van der Waals surface area contributed by atoms with E-state index in [4.69, 9.17) is 0 Å². The van der Waals surface area contributed by atoms with E-state index in [1.807, 2.05) is 0 Å². The van der Waals surface area contributed by atoms with Gasteiger partial charge in [0.15, 0.2) is 0 Å². The molecule has 60 valence electrons. The van der Waals surface area contributed by atoms with Crippen LogP contribution in [0.5, 0.6) is 0 Å². The predicted molar refractivity (Wildman–Crippen MR) is 46.0 cm³/mol. The minimum absolute atomic E-state index is 0.685. The van der Waals surface area contributed by atoms with Gasteiger partial charge in [0.2, 0.25) is 0 Å². The van der Waals surface area contributed by atoms with Crippen molar-refractivity contribution in [2.24, 2.45) is 17.3 Å². The molecule has 0 saturated heterocycles. The highest BCUT2D eigenvalue weighted by molar-refractivity contribution is 5.03. The molecule has 0 nitrogen and oxygen atoms in total. The molecule has 0 radical (unpaired) electrons. The zero-order valence-electron chi connectivity index (χ0n) is 7.78. The van der Waals surface area contributed by atoms with Crippen LogP contribution in [0, 0.1) is 17.3 Å². The molecule has 0 aromatic carbocycles. The van der Waals surface area contributed by atoms with Gasteiger partial charge in [0, 0.05) is 0 Å². The van der Waals surface area contributed by atoms with Crippen molar-refractivity contribution in [3.05, 3.63) is 0 Å². The van der Waals surface area contributed by atoms with E-state index in [1.54, 1.807) is 0 Å². The molecule has 10 heavy (non-hydrogen) atoms. The summed E-state index contributed by atoms with van der Waals surface area (Å²) in [4.78, 5) is 0. The summed E-state index contributed by atoms with van der Waals surface area (Å²) in [5.74, 6) is 2.08. The van der Waals surface area contributed by atoms with Gasteiger partial charge in [0.05, 0.1) is 0 Å². The Morgan fingerprint density at radius 1 is 1.10 bits per heavy atom. The molecule has 0 N–H and O–H groups in total. The third-order valence-corrected chi connectivity index (χ3v) is 3.33. The Kier molecular flexibility index (Phi) is 2.07. The molecule has 1 aliphatic carbocycles. The molecule has 1 aliphatic rings. The minimum Gasteiger partial charge on any atom is -0.0654 e. The van der Waals surface area contributed by atoms with E-state index in [0.717, 1.165) is 11.8 Å². The van der Waals surface area contributed by atoms with Gasteiger partial charge in [-0.3, -0.25) is 0 Å². The fourth-order valence-corrected chi connectivity index (χ4v) is 2.55. The van der Waals surface area contributed by atoms with E-state index >= 15 is 0 Å². The van der Waals surface area contributed by atoms with Crippen molar-refractivity contribution in [3.63, 3.8) is 0 Å². The first kappa shape index (κ1) is 8.10. The summed E-state index contributed by atoms with van der Waals surface area (Å²) in [5, 5.41) is 0. The zero-order chi connectivity index (χ0) is 7.78. The molecule has 0 heterocycles. The van der Waals surface area contributed by atoms with Crippen LogP contribution in [-0.2, 0) is 0 Å². The summed E-state index contributed by atoms with van der Waals surface area (Å²) in [6.07, 6.45) is 4.20. The van der Waals surface area contributed by atoms with E-state index in [2.05, 4.69) is 27.7 Å². The van der Waals surface area contributed by atoms with Crippen LogP contribution < -0.4 is 0 Å². The lowest BCUT2D eigenvalue weighted by Gasteiger charge is -1.98. The molecule has 0 spiro atoms. The molecule has 0 heteroatoms. The third-order valence-electron chi connectivity index (χ3n) is 3.33. The van der Waals surface area contributed by atoms with Crippen LogP contribution in [0.2, 0.25) is 0 Å². The molecule has 1 fully saturated rings. The van der Waals surface area contributed by atoms with Gasteiger partial charge in [-0.2, -0.15) is 0 Å². The molecule has 1 rings (SSSR count). The van der Waals surface area contributed by atoms with E-state index in [1.165, 1.54) is 19.3 Å². The van der Waals surface area contributed by atoms with Crippen molar-refractivity contribution in [3.8, 4) is 0 Å². The van der Waals surface area contributed by atoms with Gasteiger partial charge < -0.3 is 0 Å². The molecule has 0 amide bonds. The molecule has 0 aromatic rings. The molecular weight excluding hydrogens is 120 g/mol. The first-order chi connectivity index (χ1) is 4.64. The van der Waals surface area contributed by atoms with Crippen molar-refractivity contribution in [1.29, 1.82) is 0 Å². The Bertz CT molecular complexity index is 113. The van der Waals surface area contributed by atoms with Crippen molar-refractivity contribution >= 4 is 0 Å². The topological polar surface area (TPSA) is 0 Å². The van der Waals surface area contributed by atoms with Gasteiger partial charge in [0.25, 0.3) is 0 Å². The van der Waals surface area contributed by atoms with E-state index in [9.17, 15) is 0 Å². The molecule has 0 aliphatic heterocycles. The summed E-state index contributed by atoms with van der Waals surface area (Å²) < 4.78 is 0. The zero-order valence-corrected chi connectivity index (χ0v) is 7.78. The standard InChI is InChI=1S/C10H20/c1-5-7-9-8(6-2)10(9,3)4/h8-9H,5-7H2,1-4H3. The van der Waals surface area contributed by atoms with Crippen molar-refractivity contribution in [1.82, 2.24) is 0 Å². The average molecular weight is 140 g/mol. The summed E-state index contributed by atoms with van der Waals surface area (Å²) in [6, 6.07) is 0. The molecule has 0 bridgehead atoms. The quantitative estimate of drug-likeness (QED) is 0.563. The summed E-state index contributed by atoms with van der Waals surface area (Å²) >= 11 is 0. The number of hydrogen-bond acceptors (Lipinski definition) is 0. The maximum Gasteiger partial charge on any atom is -0.0292 e. The van der Waals surface area contributed by atoms with E-state index in [0.29, 0.717) is 5.41 Å². The maximum atomic E-state index is 2.42. The molecular formula is C10H20. The minimum atomic E-state index is 0.685. The highest BCUT2D eigenvalue weighted by Crippen LogP contribution is 2.61.